The molecule has 0 radical (unpaired) electrons. The summed E-state index contributed by atoms with van der Waals surface area (Å²) >= 11 is 12.3. The molecule has 0 aliphatic carbocycles. The molecule has 0 spiro atoms. The van der Waals surface area contributed by atoms with Gasteiger partial charge in [0, 0.05) is 22.2 Å². The van der Waals surface area contributed by atoms with Crippen LogP contribution in [0.3, 0.4) is 0 Å². The van der Waals surface area contributed by atoms with E-state index in [0.29, 0.717) is 26.9 Å². The summed E-state index contributed by atoms with van der Waals surface area (Å²) in [7, 11) is 0. The van der Waals surface area contributed by atoms with E-state index in [4.69, 9.17) is 28.9 Å². The maximum Gasteiger partial charge on any atom is 0.277 e. The van der Waals surface area contributed by atoms with E-state index in [1.807, 2.05) is 6.07 Å². The Morgan fingerprint density at radius 3 is 2.50 bits per heavy atom. The van der Waals surface area contributed by atoms with Gasteiger partial charge in [-0.25, -0.2) is 4.98 Å². The number of nitriles is 1. The highest BCUT2D eigenvalue weighted by Gasteiger charge is 2.21. The van der Waals surface area contributed by atoms with Crippen molar-refractivity contribution in [3.05, 3.63) is 74.3 Å². The Hall–Kier alpha value is -3.14. The van der Waals surface area contributed by atoms with Crippen molar-refractivity contribution in [1.29, 1.82) is 5.26 Å². The summed E-state index contributed by atoms with van der Waals surface area (Å²) < 4.78 is 0. The first kappa shape index (κ1) is 17.7. The summed E-state index contributed by atoms with van der Waals surface area (Å²) in [6.45, 7) is 0. The van der Waals surface area contributed by atoms with E-state index in [9.17, 15) is 15.4 Å². The number of nitrogens with two attached hydrogens (primary N) is 1. The molecule has 0 atom stereocenters. The number of para-hydroxylation sites is 1. The molecule has 8 heteroatoms. The van der Waals surface area contributed by atoms with Gasteiger partial charge in [-0.15, -0.1) is 0 Å². The Morgan fingerprint density at radius 1 is 1.08 bits per heavy atom. The lowest BCUT2D eigenvalue weighted by Gasteiger charge is -2.11. The molecule has 0 aliphatic rings. The number of halogens is 2. The normalized spacial score (nSPS) is 10.3. The minimum absolute atomic E-state index is 0.0470. The van der Waals surface area contributed by atoms with E-state index >= 15 is 0 Å². The van der Waals surface area contributed by atoms with Crippen LogP contribution in [-0.4, -0.2) is 9.91 Å². The van der Waals surface area contributed by atoms with E-state index in [0.717, 1.165) is 0 Å². The Kier molecular flexibility index (Phi) is 4.76. The zero-order valence-corrected chi connectivity index (χ0v) is 14.6. The smallest absolute Gasteiger partial charge is 0.277 e. The molecule has 3 rings (SSSR count). The second-order valence-electron chi connectivity index (χ2n) is 5.33. The van der Waals surface area contributed by atoms with Crippen molar-refractivity contribution >= 4 is 34.7 Å². The highest BCUT2D eigenvalue weighted by Crippen LogP contribution is 2.38. The van der Waals surface area contributed by atoms with Crippen molar-refractivity contribution in [3.63, 3.8) is 0 Å². The summed E-state index contributed by atoms with van der Waals surface area (Å²) in [4.78, 5) is 15.1. The van der Waals surface area contributed by atoms with Crippen molar-refractivity contribution in [2.24, 2.45) is 0 Å². The molecule has 1 heterocycles. The number of benzene rings is 2. The minimum atomic E-state index is -0.515. The number of nitro benzene ring substituents is 1. The number of nitrogens with zero attached hydrogens (tertiary/aromatic N) is 3. The number of hydrogen-bond donors (Lipinski definition) is 1. The van der Waals surface area contributed by atoms with Gasteiger partial charge in [0.05, 0.1) is 21.2 Å². The number of hydrogen-bond acceptors (Lipinski definition) is 5. The molecule has 0 unspecified atom stereocenters. The van der Waals surface area contributed by atoms with Gasteiger partial charge in [0.25, 0.3) is 5.69 Å². The molecule has 0 saturated heterocycles. The number of rotatable bonds is 3. The highest BCUT2D eigenvalue weighted by atomic mass is 35.5. The first-order valence-corrected chi connectivity index (χ1v) is 8.07. The fraction of sp³-hybridized carbons (Fsp3) is 0. The van der Waals surface area contributed by atoms with Gasteiger partial charge >= 0.3 is 0 Å². The highest BCUT2D eigenvalue weighted by molar-refractivity contribution is 6.35. The molecule has 0 amide bonds. The molecule has 0 aliphatic heterocycles. The van der Waals surface area contributed by atoms with E-state index in [1.54, 1.807) is 42.5 Å². The van der Waals surface area contributed by atoms with E-state index in [-0.39, 0.29) is 22.6 Å². The van der Waals surface area contributed by atoms with E-state index < -0.39 is 4.92 Å². The van der Waals surface area contributed by atoms with Crippen LogP contribution >= 0.6 is 23.2 Å². The Morgan fingerprint density at radius 2 is 1.81 bits per heavy atom. The van der Waals surface area contributed by atoms with Gasteiger partial charge in [-0.1, -0.05) is 35.3 Å². The number of nitrogen functional groups attached to an aromatic ring is 1. The topological polar surface area (TPSA) is 106 Å². The molecular formula is C18H10Cl2N4O2. The molecule has 2 N–H and O–H groups in total. The van der Waals surface area contributed by atoms with Crippen LogP contribution in [0.1, 0.15) is 5.56 Å². The van der Waals surface area contributed by atoms with Gasteiger partial charge in [-0.2, -0.15) is 5.26 Å². The second kappa shape index (κ2) is 7.00. The standard InChI is InChI=1S/C18H10Cl2N4O2/c19-10-5-6-15(20)13(7-10)16-8-12(14(9-21)18(22)23-16)11-3-1-2-4-17(11)24(25)26/h1-8H,(H2,22,23). The summed E-state index contributed by atoms with van der Waals surface area (Å²) in [6, 6.07) is 14.5. The molecule has 128 valence electrons. The Balaban J connectivity index is 2.34. The molecule has 2 aromatic carbocycles. The second-order valence-corrected chi connectivity index (χ2v) is 6.17. The van der Waals surface area contributed by atoms with E-state index in [2.05, 4.69) is 4.98 Å². The van der Waals surface area contributed by atoms with Crippen molar-refractivity contribution < 1.29 is 4.92 Å². The Bertz CT molecular complexity index is 1080. The fourth-order valence-electron chi connectivity index (χ4n) is 2.59. The van der Waals surface area contributed by atoms with Crippen LogP contribution in [0.2, 0.25) is 10.0 Å². The van der Waals surface area contributed by atoms with Crippen molar-refractivity contribution in [2.75, 3.05) is 5.73 Å². The fourth-order valence-corrected chi connectivity index (χ4v) is 2.97. The number of nitro groups is 1. The zero-order valence-electron chi connectivity index (χ0n) is 13.1. The quantitative estimate of drug-likeness (QED) is 0.500. The van der Waals surface area contributed by atoms with Crippen LogP contribution in [0, 0.1) is 21.4 Å². The van der Waals surface area contributed by atoms with Gasteiger partial charge in [0.2, 0.25) is 0 Å². The number of anilines is 1. The van der Waals surface area contributed by atoms with Crippen LogP contribution in [0.4, 0.5) is 11.5 Å². The Labute approximate surface area is 158 Å². The lowest BCUT2D eigenvalue weighted by Crippen LogP contribution is -2.01. The maximum atomic E-state index is 11.4. The van der Waals surface area contributed by atoms with Crippen molar-refractivity contribution in [2.45, 2.75) is 0 Å². The largest absolute Gasteiger partial charge is 0.383 e. The monoisotopic (exact) mass is 384 g/mol. The number of aromatic nitrogens is 1. The van der Waals surface area contributed by atoms with Crippen LogP contribution in [-0.2, 0) is 0 Å². The van der Waals surface area contributed by atoms with Gasteiger partial charge < -0.3 is 5.73 Å². The molecular weight excluding hydrogens is 375 g/mol. The van der Waals surface area contributed by atoms with Gasteiger partial charge in [-0.05, 0) is 30.3 Å². The zero-order chi connectivity index (χ0) is 18.8. The lowest BCUT2D eigenvalue weighted by atomic mass is 9.97. The van der Waals surface area contributed by atoms with Crippen LogP contribution in [0.25, 0.3) is 22.4 Å². The molecule has 0 saturated carbocycles. The van der Waals surface area contributed by atoms with E-state index in [1.165, 1.54) is 6.07 Å². The van der Waals surface area contributed by atoms with Gasteiger partial charge in [-0.3, -0.25) is 10.1 Å². The van der Waals surface area contributed by atoms with Crippen LogP contribution in [0.5, 0.6) is 0 Å². The minimum Gasteiger partial charge on any atom is -0.383 e. The SMILES string of the molecule is N#Cc1c(-c2ccccc2[N+](=O)[O-])cc(-c2cc(Cl)ccc2Cl)nc1N. The predicted molar refractivity (Wildman–Crippen MR) is 101 cm³/mol. The summed E-state index contributed by atoms with van der Waals surface area (Å²) in [6.07, 6.45) is 0. The molecule has 26 heavy (non-hydrogen) atoms. The molecule has 3 aromatic rings. The van der Waals surface area contributed by atoms with Crippen LogP contribution < -0.4 is 5.73 Å². The lowest BCUT2D eigenvalue weighted by molar-refractivity contribution is -0.384. The molecule has 1 aromatic heterocycles. The van der Waals surface area contributed by atoms with Crippen LogP contribution in [0.15, 0.2) is 48.5 Å². The predicted octanol–water partition coefficient (Wildman–Crippen LogP) is 5.08. The molecule has 0 fully saturated rings. The summed E-state index contributed by atoms with van der Waals surface area (Å²) in [5.41, 5.74) is 7.30. The van der Waals surface area contributed by atoms with Gasteiger partial charge in [0.1, 0.15) is 17.5 Å². The third kappa shape index (κ3) is 3.18. The summed E-state index contributed by atoms with van der Waals surface area (Å²) in [5, 5.41) is 21.7. The summed E-state index contributed by atoms with van der Waals surface area (Å²) in [5.74, 6) is -0.0470. The van der Waals surface area contributed by atoms with Gasteiger partial charge in [0.15, 0.2) is 0 Å². The molecule has 6 nitrogen and oxygen atoms in total. The van der Waals surface area contributed by atoms with Crippen molar-refractivity contribution in [3.8, 4) is 28.5 Å². The maximum absolute atomic E-state index is 11.4. The number of pyridine rings is 1. The average molecular weight is 385 g/mol. The first-order valence-electron chi connectivity index (χ1n) is 7.32. The third-order valence-corrected chi connectivity index (χ3v) is 4.32. The average Bonchev–Trinajstić information content (AvgIpc) is 2.63. The third-order valence-electron chi connectivity index (χ3n) is 3.75. The first-order chi connectivity index (χ1) is 12.4. The van der Waals surface area contributed by atoms with Crippen molar-refractivity contribution in [1.82, 2.24) is 4.98 Å². The molecule has 0 bridgehead atoms.